The van der Waals surface area contributed by atoms with Gasteiger partial charge in [-0.2, -0.15) is 0 Å². The van der Waals surface area contributed by atoms with Gasteiger partial charge in [0.15, 0.2) is 0 Å². The van der Waals surface area contributed by atoms with Gasteiger partial charge in [0.1, 0.15) is 0 Å². The predicted molar refractivity (Wildman–Crippen MR) is 27.7 cm³/mol. The Morgan fingerprint density at radius 2 is 2.43 bits per heavy atom. The van der Waals surface area contributed by atoms with E-state index < -0.39 is 5.91 Å². The maximum Gasteiger partial charge on any atom is 0.293 e. The molecule has 0 atom stereocenters. The highest BCUT2D eigenvalue weighted by Crippen LogP contribution is 1.65. The van der Waals surface area contributed by atoms with Crippen molar-refractivity contribution in [2.45, 2.75) is 0 Å². The molecular weight excluding hydrogens is 114 g/mol. The minimum Gasteiger partial charge on any atom is -0.359 e. The lowest BCUT2D eigenvalue weighted by Gasteiger charge is -1.67. The Labute approximate surface area is 46.6 Å². The first-order valence-corrected chi connectivity index (χ1v) is 2.15. The number of rotatable bonds is 0. The van der Waals surface area contributed by atoms with Crippen LogP contribution in [0.2, 0.25) is 0 Å². The molecule has 0 radical (unpaired) electrons. The van der Waals surface area contributed by atoms with Gasteiger partial charge in [-0.1, -0.05) is 5.92 Å². The molecule has 0 aliphatic rings. The van der Waals surface area contributed by atoms with Crippen LogP contribution >= 0.6 is 11.6 Å². The first kappa shape index (κ1) is 6.32. The average Bonchev–Trinajstić information content (AvgIpc) is 1.61. The Morgan fingerprint density at radius 1 is 1.86 bits per heavy atom. The largest absolute Gasteiger partial charge is 0.359 e. The van der Waals surface area contributed by atoms with E-state index >= 15 is 0 Å². The van der Waals surface area contributed by atoms with Crippen molar-refractivity contribution in [1.82, 2.24) is 0 Å². The van der Waals surface area contributed by atoms with E-state index in [1.165, 1.54) is 0 Å². The molecule has 0 aromatic rings. The zero-order chi connectivity index (χ0) is 5.70. The second-order valence-electron chi connectivity index (χ2n) is 0.800. The van der Waals surface area contributed by atoms with Crippen LogP contribution in [0.1, 0.15) is 0 Å². The van der Waals surface area contributed by atoms with Gasteiger partial charge in [0.05, 0.1) is 5.88 Å². The van der Waals surface area contributed by atoms with Gasteiger partial charge in [-0.25, -0.2) is 0 Å². The van der Waals surface area contributed by atoms with Crippen molar-refractivity contribution in [3.63, 3.8) is 0 Å². The van der Waals surface area contributed by atoms with Crippen LogP contribution in [0.4, 0.5) is 0 Å². The van der Waals surface area contributed by atoms with E-state index in [4.69, 9.17) is 11.6 Å². The second kappa shape index (κ2) is 3.51. The number of carbonyl (C=O) groups excluding carboxylic acids is 1. The zero-order valence-corrected chi connectivity index (χ0v) is 4.33. The third kappa shape index (κ3) is 5.32. The minimum absolute atomic E-state index is 0.156. The van der Waals surface area contributed by atoms with E-state index in [0.29, 0.717) is 0 Å². The molecule has 7 heavy (non-hydrogen) atoms. The smallest absolute Gasteiger partial charge is 0.293 e. The molecule has 0 saturated heterocycles. The average molecular weight is 118 g/mol. The van der Waals surface area contributed by atoms with Gasteiger partial charge in [-0.05, 0) is 5.92 Å². The summed E-state index contributed by atoms with van der Waals surface area (Å²) >= 11 is 5.06. The Bertz CT molecular complexity index is 121. The number of nitrogens with two attached hydrogens (primary N) is 1. The monoisotopic (exact) mass is 117 g/mol. The van der Waals surface area contributed by atoms with Gasteiger partial charge in [0.25, 0.3) is 5.91 Å². The molecule has 1 amide bonds. The molecule has 0 rings (SSSR count). The number of halogens is 1. The molecule has 0 bridgehead atoms. The summed E-state index contributed by atoms with van der Waals surface area (Å²) < 4.78 is 0. The van der Waals surface area contributed by atoms with E-state index in [1.54, 1.807) is 0 Å². The van der Waals surface area contributed by atoms with E-state index in [9.17, 15) is 4.79 Å². The third-order valence-electron chi connectivity index (χ3n) is 0.278. The fraction of sp³-hybridized carbons (Fsp3) is 0.250. The lowest BCUT2D eigenvalue weighted by molar-refractivity contribution is -0.112. The molecule has 0 fully saturated rings. The Kier molecular flexibility index (Phi) is 3.17. The summed E-state index contributed by atoms with van der Waals surface area (Å²) in [6.45, 7) is 0. The Balaban J connectivity index is 3.45. The number of primary amides is 1. The zero-order valence-electron chi connectivity index (χ0n) is 3.57. The summed E-state index contributed by atoms with van der Waals surface area (Å²) in [5.41, 5.74) is 4.61. The summed E-state index contributed by atoms with van der Waals surface area (Å²) in [5, 5.41) is 0. The van der Waals surface area contributed by atoms with Crippen LogP contribution in [0.5, 0.6) is 0 Å². The lowest BCUT2D eigenvalue weighted by Crippen LogP contribution is -2.05. The van der Waals surface area contributed by atoms with Crippen LogP contribution in [0.15, 0.2) is 0 Å². The number of alkyl halides is 1. The fourth-order valence-corrected chi connectivity index (χ4v) is 0.187. The first-order valence-electron chi connectivity index (χ1n) is 1.61. The van der Waals surface area contributed by atoms with Gasteiger partial charge in [-0.3, -0.25) is 4.79 Å². The van der Waals surface area contributed by atoms with Crippen molar-refractivity contribution in [2.24, 2.45) is 5.73 Å². The van der Waals surface area contributed by atoms with Crippen molar-refractivity contribution < 1.29 is 4.79 Å². The molecule has 3 heteroatoms. The highest BCUT2D eigenvalue weighted by Gasteiger charge is 1.74. The third-order valence-corrected chi connectivity index (χ3v) is 0.412. The van der Waals surface area contributed by atoms with Crippen LogP contribution < -0.4 is 5.73 Å². The highest BCUT2D eigenvalue weighted by molar-refractivity contribution is 6.19. The molecule has 0 aliphatic heterocycles. The van der Waals surface area contributed by atoms with Gasteiger partial charge >= 0.3 is 0 Å². The van der Waals surface area contributed by atoms with Crippen LogP contribution in [-0.2, 0) is 4.79 Å². The summed E-state index contributed by atoms with van der Waals surface area (Å²) in [4.78, 5) is 9.75. The van der Waals surface area contributed by atoms with Gasteiger partial charge in [0, 0.05) is 0 Å². The van der Waals surface area contributed by atoms with Crippen molar-refractivity contribution >= 4 is 17.5 Å². The van der Waals surface area contributed by atoms with Crippen molar-refractivity contribution in [3.8, 4) is 11.8 Å². The lowest BCUT2D eigenvalue weighted by atomic mass is 10.6. The van der Waals surface area contributed by atoms with Crippen molar-refractivity contribution in [3.05, 3.63) is 0 Å². The molecule has 2 nitrogen and oxygen atoms in total. The minimum atomic E-state index is -0.638. The molecule has 2 N–H and O–H groups in total. The molecule has 0 aliphatic carbocycles. The summed E-state index contributed by atoms with van der Waals surface area (Å²) in [5.74, 6) is 3.86. The summed E-state index contributed by atoms with van der Waals surface area (Å²) in [7, 11) is 0. The topological polar surface area (TPSA) is 43.1 Å². The van der Waals surface area contributed by atoms with E-state index in [0.717, 1.165) is 0 Å². The number of carbonyl (C=O) groups is 1. The standard InChI is InChI=1S/C4H4ClNO/c5-3-1-2-4(6)7/h3H2,(H2,6,7). The van der Waals surface area contributed by atoms with Gasteiger partial charge < -0.3 is 5.73 Å². The summed E-state index contributed by atoms with van der Waals surface area (Å²) in [6, 6.07) is 0. The van der Waals surface area contributed by atoms with Crippen LogP contribution in [0.25, 0.3) is 0 Å². The highest BCUT2D eigenvalue weighted by atomic mass is 35.5. The maximum atomic E-state index is 9.75. The molecule has 0 saturated carbocycles. The van der Waals surface area contributed by atoms with Crippen molar-refractivity contribution in [1.29, 1.82) is 0 Å². The SMILES string of the molecule is NC(=O)C#CCCl. The number of hydrogen-bond acceptors (Lipinski definition) is 1. The van der Waals surface area contributed by atoms with Gasteiger partial charge in [0.2, 0.25) is 0 Å². The predicted octanol–water partition coefficient (Wildman–Crippen LogP) is -0.286. The van der Waals surface area contributed by atoms with E-state index in [-0.39, 0.29) is 5.88 Å². The molecule has 38 valence electrons. The molecular formula is C4H4ClNO. The first-order chi connectivity index (χ1) is 3.27. The number of amides is 1. The van der Waals surface area contributed by atoms with Crippen LogP contribution in [-0.4, -0.2) is 11.8 Å². The van der Waals surface area contributed by atoms with E-state index in [2.05, 4.69) is 17.6 Å². The summed E-state index contributed by atoms with van der Waals surface area (Å²) in [6.07, 6.45) is 0. The molecule has 0 unspecified atom stereocenters. The Morgan fingerprint density at radius 3 is 2.57 bits per heavy atom. The molecule has 0 aromatic heterocycles. The molecule has 0 aromatic carbocycles. The Hall–Kier alpha value is -0.680. The molecule has 0 heterocycles. The normalized spacial score (nSPS) is 6.43. The maximum absolute atomic E-state index is 9.75. The van der Waals surface area contributed by atoms with Crippen molar-refractivity contribution in [2.75, 3.05) is 5.88 Å². The second-order valence-corrected chi connectivity index (χ2v) is 1.07. The fourth-order valence-electron chi connectivity index (χ4n) is 0.121. The van der Waals surface area contributed by atoms with Crippen LogP contribution in [0.3, 0.4) is 0 Å². The van der Waals surface area contributed by atoms with Crippen LogP contribution in [0, 0.1) is 11.8 Å². The van der Waals surface area contributed by atoms with Gasteiger partial charge in [-0.15, -0.1) is 11.6 Å². The number of hydrogen-bond donors (Lipinski definition) is 1. The molecule has 0 spiro atoms. The quantitative estimate of drug-likeness (QED) is 0.344. The van der Waals surface area contributed by atoms with E-state index in [1.807, 2.05) is 0 Å².